The Kier molecular flexibility index (Phi) is 5.88. The fraction of sp³-hybridized carbons (Fsp3) is 0.882. The fourth-order valence-electron chi connectivity index (χ4n) is 4.30. The van der Waals surface area contributed by atoms with Gasteiger partial charge in [-0.25, -0.2) is 18.1 Å². The topological polar surface area (TPSA) is 96.0 Å². The SMILES string of the molecule is COCCN(CN1C(=O)NC2(CCCCCC2)C1=O)[C@H]1CCS(=O)(=O)C1. The largest absolute Gasteiger partial charge is 0.383 e. The van der Waals surface area contributed by atoms with Gasteiger partial charge in [-0.3, -0.25) is 9.69 Å². The Morgan fingerprint density at radius 1 is 1.23 bits per heavy atom. The molecule has 2 heterocycles. The molecule has 2 aliphatic heterocycles. The zero-order chi connectivity index (χ0) is 18.8. The van der Waals surface area contributed by atoms with E-state index in [4.69, 9.17) is 4.74 Å². The van der Waals surface area contributed by atoms with E-state index in [1.165, 1.54) is 4.90 Å². The molecular formula is C17H29N3O5S. The van der Waals surface area contributed by atoms with Gasteiger partial charge in [-0.05, 0) is 19.3 Å². The van der Waals surface area contributed by atoms with E-state index in [1.54, 1.807) is 7.11 Å². The molecule has 1 saturated carbocycles. The summed E-state index contributed by atoms with van der Waals surface area (Å²) in [4.78, 5) is 28.8. The van der Waals surface area contributed by atoms with Crippen LogP contribution in [-0.4, -0.2) is 80.2 Å². The predicted octanol–water partition coefficient (Wildman–Crippen LogP) is 0.724. The van der Waals surface area contributed by atoms with Gasteiger partial charge in [0.05, 0.1) is 24.8 Å². The Bertz CT molecular complexity index is 643. The average molecular weight is 388 g/mol. The molecule has 0 unspecified atom stereocenters. The summed E-state index contributed by atoms with van der Waals surface area (Å²) in [6.45, 7) is 1.03. The van der Waals surface area contributed by atoms with Crippen LogP contribution in [0.15, 0.2) is 0 Å². The van der Waals surface area contributed by atoms with Crippen LogP contribution in [0.25, 0.3) is 0 Å². The molecule has 0 aromatic carbocycles. The standard InChI is InChI=1S/C17H29N3O5S/c1-25-10-9-19(14-6-11-26(23,24)12-14)13-20-15(21)17(18-16(20)22)7-4-2-3-5-8-17/h14H,2-13H2,1H3,(H,18,22)/t14-/m0/s1. The van der Waals surface area contributed by atoms with Crippen molar-refractivity contribution in [1.82, 2.24) is 15.1 Å². The highest BCUT2D eigenvalue weighted by Gasteiger charge is 2.51. The van der Waals surface area contributed by atoms with Crippen molar-refractivity contribution >= 4 is 21.8 Å². The molecule has 0 aromatic rings. The van der Waals surface area contributed by atoms with E-state index in [2.05, 4.69) is 5.32 Å². The maximum Gasteiger partial charge on any atom is 0.326 e. The smallest absolute Gasteiger partial charge is 0.326 e. The number of imide groups is 1. The minimum Gasteiger partial charge on any atom is -0.383 e. The van der Waals surface area contributed by atoms with Crippen LogP contribution in [0, 0.1) is 0 Å². The number of ether oxygens (including phenoxy) is 1. The zero-order valence-electron chi connectivity index (χ0n) is 15.4. The van der Waals surface area contributed by atoms with Crippen molar-refractivity contribution in [2.75, 3.05) is 38.4 Å². The van der Waals surface area contributed by atoms with Gasteiger partial charge >= 0.3 is 6.03 Å². The van der Waals surface area contributed by atoms with Gasteiger partial charge in [0, 0.05) is 19.7 Å². The van der Waals surface area contributed by atoms with E-state index in [-0.39, 0.29) is 36.2 Å². The minimum absolute atomic E-state index is 0.0749. The third-order valence-corrected chi connectivity index (χ3v) is 7.58. The molecular weight excluding hydrogens is 358 g/mol. The van der Waals surface area contributed by atoms with Crippen LogP contribution in [0.5, 0.6) is 0 Å². The summed E-state index contributed by atoms with van der Waals surface area (Å²) < 4.78 is 28.8. The molecule has 3 fully saturated rings. The van der Waals surface area contributed by atoms with E-state index >= 15 is 0 Å². The number of urea groups is 1. The maximum atomic E-state index is 13.1. The molecule has 148 valence electrons. The van der Waals surface area contributed by atoms with E-state index in [1.807, 2.05) is 4.90 Å². The first kappa shape index (κ1) is 19.6. The number of carbonyl (C=O) groups excluding carboxylic acids is 2. The Labute approximate surface area is 155 Å². The minimum atomic E-state index is -3.04. The first-order chi connectivity index (χ1) is 12.4. The lowest BCUT2D eigenvalue weighted by molar-refractivity contribution is -0.133. The van der Waals surface area contributed by atoms with Crippen molar-refractivity contribution in [2.24, 2.45) is 0 Å². The molecule has 0 bridgehead atoms. The first-order valence-electron chi connectivity index (χ1n) is 9.44. The van der Waals surface area contributed by atoms with E-state index in [9.17, 15) is 18.0 Å². The van der Waals surface area contributed by atoms with Crippen molar-refractivity contribution < 1.29 is 22.7 Å². The molecule has 0 aromatic heterocycles. The average Bonchev–Trinajstić information content (AvgIpc) is 2.93. The number of sulfone groups is 1. The van der Waals surface area contributed by atoms with Gasteiger partial charge in [-0.1, -0.05) is 25.7 Å². The number of carbonyl (C=O) groups is 2. The van der Waals surface area contributed by atoms with E-state index < -0.39 is 15.4 Å². The monoisotopic (exact) mass is 387 g/mol. The number of hydrogen-bond acceptors (Lipinski definition) is 6. The lowest BCUT2D eigenvalue weighted by Crippen LogP contribution is -2.50. The van der Waals surface area contributed by atoms with Gasteiger partial charge in [-0.2, -0.15) is 0 Å². The third-order valence-electron chi connectivity index (χ3n) is 5.83. The third kappa shape index (κ3) is 4.04. The molecule has 3 rings (SSSR count). The molecule has 26 heavy (non-hydrogen) atoms. The van der Waals surface area contributed by atoms with Crippen molar-refractivity contribution in [3.8, 4) is 0 Å². The molecule has 0 radical (unpaired) electrons. The second-order valence-corrected chi connectivity index (χ2v) is 9.89. The highest BCUT2D eigenvalue weighted by atomic mass is 32.2. The number of methoxy groups -OCH3 is 1. The molecule has 1 atom stereocenters. The van der Waals surface area contributed by atoms with Crippen LogP contribution in [-0.2, 0) is 19.4 Å². The lowest BCUT2D eigenvalue weighted by Gasteiger charge is -2.31. The van der Waals surface area contributed by atoms with Gasteiger partial charge in [-0.15, -0.1) is 0 Å². The summed E-state index contributed by atoms with van der Waals surface area (Å²) in [6, 6.07) is -0.540. The van der Waals surface area contributed by atoms with Crippen molar-refractivity contribution in [2.45, 2.75) is 56.5 Å². The number of nitrogens with one attached hydrogen (secondary N) is 1. The summed E-state index contributed by atoms with van der Waals surface area (Å²) >= 11 is 0. The molecule has 9 heteroatoms. The zero-order valence-corrected chi connectivity index (χ0v) is 16.2. The Morgan fingerprint density at radius 2 is 1.92 bits per heavy atom. The summed E-state index contributed by atoms with van der Waals surface area (Å²) in [6.07, 6.45) is 5.95. The Hall–Kier alpha value is -1.19. The van der Waals surface area contributed by atoms with Gasteiger partial charge < -0.3 is 10.1 Å². The number of nitrogens with zero attached hydrogens (tertiary/aromatic N) is 2. The highest BCUT2D eigenvalue weighted by Crippen LogP contribution is 2.33. The number of hydrogen-bond donors (Lipinski definition) is 1. The maximum absolute atomic E-state index is 13.1. The number of rotatable bonds is 6. The first-order valence-corrected chi connectivity index (χ1v) is 11.3. The van der Waals surface area contributed by atoms with Crippen LogP contribution < -0.4 is 5.32 Å². The van der Waals surface area contributed by atoms with Crippen LogP contribution in [0.4, 0.5) is 4.79 Å². The highest BCUT2D eigenvalue weighted by molar-refractivity contribution is 7.91. The second kappa shape index (κ2) is 7.82. The van der Waals surface area contributed by atoms with Crippen molar-refractivity contribution in [3.63, 3.8) is 0 Å². The van der Waals surface area contributed by atoms with Crippen molar-refractivity contribution in [3.05, 3.63) is 0 Å². The molecule has 1 aliphatic carbocycles. The van der Waals surface area contributed by atoms with Crippen LogP contribution >= 0.6 is 0 Å². The summed E-state index contributed by atoms with van der Waals surface area (Å²) in [5, 5.41) is 2.94. The fourth-order valence-corrected chi connectivity index (χ4v) is 6.06. The second-order valence-electron chi connectivity index (χ2n) is 7.66. The van der Waals surface area contributed by atoms with Gasteiger partial charge in [0.15, 0.2) is 9.84 Å². The van der Waals surface area contributed by atoms with Crippen LogP contribution in [0.1, 0.15) is 44.9 Å². The van der Waals surface area contributed by atoms with E-state index in [0.717, 1.165) is 25.7 Å². The van der Waals surface area contributed by atoms with Gasteiger partial charge in [0.25, 0.3) is 5.91 Å². The van der Waals surface area contributed by atoms with Gasteiger partial charge in [0.1, 0.15) is 5.54 Å². The summed E-state index contributed by atoms with van der Waals surface area (Å²) in [5.41, 5.74) is -0.762. The summed E-state index contributed by atoms with van der Waals surface area (Å²) in [7, 11) is -1.46. The lowest BCUT2D eigenvalue weighted by atomic mass is 9.90. The Morgan fingerprint density at radius 3 is 2.50 bits per heavy atom. The molecule has 3 amide bonds. The van der Waals surface area contributed by atoms with Crippen LogP contribution in [0.3, 0.4) is 0 Å². The molecule has 1 spiro atoms. The molecule has 2 saturated heterocycles. The molecule has 8 nitrogen and oxygen atoms in total. The van der Waals surface area contributed by atoms with E-state index in [0.29, 0.717) is 32.4 Å². The molecule has 1 N–H and O–H groups in total. The van der Waals surface area contributed by atoms with Crippen molar-refractivity contribution in [1.29, 1.82) is 0 Å². The van der Waals surface area contributed by atoms with Gasteiger partial charge in [0.2, 0.25) is 0 Å². The van der Waals surface area contributed by atoms with Crippen LogP contribution in [0.2, 0.25) is 0 Å². The quantitative estimate of drug-likeness (QED) is 0.675. The number of amides is 3. The normalized spacial score (nSPS) is 27.9. The predicted molar refractivity (Wildman–Crippen MR) is 96.3 cm³/mol. The summed E-state index contributed by atoms with van der Waals surface area (Å²) in [5.74, 6) is 0.0733. The Balaban J connectivity index is 1.73. The molecule has 3 aliphatic rings.